The second-order valence-corrected chi connectivity index (χ2v) is 6.20. The van der Waals surface area contributed by atoms with Gasteiger partial charge in [-0.2, -0.15) is 0 Å². The van der Waals surface area contributed by atoms with Crippen LogP contribution in [0.25, 0.3) is 0 Å². The third-order valence-electron chi connectivity index (χ3n) is 4.09. The lowest BCUT2D eigenvalue weighted by atomic mass is 10.0. The van der Waals surface area contributed by atoms with Crippen molar-refractivity contribution in [2.45, 2.75) is 32.4 Å². The predicted octanol–water partition coefficient (Wildman–Crippen LogP) is 3.16. The first-order chi connectivity index (χ1) is 11.8. The first-order valence-corrected chi connectivity index (χ1v) is 7.91. The van der Waals surface area contributed by atoms with Crippen molar-refractivity contribution in [2.75, 3.05) is 7.11 Å². The molecule has 1 amide bonds. The topological polar surface area (TPSA) is 51.2 Å². The molecule has 130 valence electrons. The van der Waals surface area contributed by atoms with Gasteiger partial charge in [-0.15, -0.1) is 0 Å². The number of nitrogens with one attached hydrogen (secondary N) is 1. The Morgan fingerprint density at radius 2 is 1.96 bits per heavy atom. The lowest BCUT2D eigenvalue weighted by Gasteiger charge is -2.30. The van der Waals surface area contributed by atoms with Crippen LogP contribution in [-0.4, -0.2) is 29.6 Å². The van der Waals surface area contributed by atoms with Gasteiger partial charge in [0.2, 0.25) is 0 Å². The van der Waals surface area contributed by atoms with Crippen LogP contribution in [0.5, 0.6) is 0 Å². The fraction of sp³-hybridized carbons (Fsp3) is 0.300. The fourth-order valence-electron chi connectivity index (χ4n) is 1.93. The molecule has 2 rings (SSSR count). The average Bonchev–Trinajstić information content (AvgIpc) is 2.60. The molecule has 1 aromatic carbocycles. The van der Waals surface area contributed by atoms with Crippen LogP contribution in [0.4, 0.5) is 4.39 Å². The van der Waals surface area contributed by atoms with Crippen molar-refractivity contribution in [2.24, 2.45) is 0 Å². The lowest BCUT2D eigenvalue weighted by Crippen LogP contribution is -2.48. The number of halogens is 1. The number of aromatic nitrogens is 1. The van der Waals surface area contributed by atoms with Gasteiger partial charge in [-0.25, -0.2) is 9.37 Å². The summed E-state index contributed by atoms with van der Waals surface area (Å²) in [7, 11) is 1.60. The molecule has 5 heteroatoms. The lowest BCUT2D eigenvalue weighted by molar-refractivity contribution is -0.00413. The monoisotopic (exact) mass is 340 g/mol. The number of benzene rings is 1. The van der Waals surface area contributed by atoms with E-state index in [1.807, 2.05) is 20.8 Å². The molecule has 1 atom stereocenters. The van der Waals surface area contributed by atoms with Crippen molar-refractivity contribution >= 4 is 5.91 Å². The molecular weight excluding hydrogens is 319 g/mol. The number of methoxy groups -OCH3 is 1. The molecule has 0 aliphatic carbocycles. The third kappa shape index (κ3) is 5.13. The normalized spacial score (nSPS) is 12.0. The largest absolute Gasteiger partial charge is 0.377 e. The van der Waals surface area contributed by atoms with Crippen molar-refractivity contribution < 1.29 is 13.9 Å². The first-order valence-electron chi connectivity index (χ1n) is 7.91. The van der Waals surface area contributed by atoms with Crippen LogP contribution in [0.15, 0.2) is 42.6 Å². The van der Waals surface area contributed by atoms with Gasteiger partial charge in [-0.05, 0) is 51.1 Å². The number of rotatable bonds is 4. The van der Waals surface area contributed by atoms with Crippen molar-refractivity contribution in [1.82, 2.24) is 10.3 Å². The van der Waals surface area contributed by atoms with Crippen molar-refractivity contribution in [3.63, 3.8) is 0 Å². The quantitative estimate of drug-likeness (QED) is 0.870. The molecule has 1 N–H and O–H groups in total. The number of pyridine rings is 1. The Kier molecular flexibility index (Phi) is 5.89. The molecule has 2 aromatic rings. The molecule has 1 unspecified atom stereocenters. The molecular formula is C20H21FN2O2. The van der Waals surface area contributed by atoms with Crippen molar-refractivity contribution in [3.8, 4) is 11.8 Å². The summed E-state index contributed by atoms with van der Waals surface area (Å²) in [6.45, 7) is 5.67. The maximum Gasteiger partial charge on any atom is 0.270 e. The minimum absolute atomic E-state index is 0.181. The van der Waals surface area contributed by atoms with Crippen LogP contribution in [0.1, 0.15) is 42.4 Å². The summed E-state index contributed by atoms with van der Waals surface area (Å²) in [5.41, 5.74) is 1.05. The Morgan fingerprint density at radius 1 is 1.24 bits per heavy atom. The maximum absolute atomic E-state index is 13.1. The van der Waals surface area contributed by atoms with E-state index in [0.29, 0.717) is 16.8 Å². The van der Waals surface area contributed by atoms with E-state index in [9.17, 15) is 9.18 Å². The Morgan fingerprint density at radius 3 is 2.56 bits per heavy atom. The summed E-state index contributed by atoms with van der Waals surface area (Å²) in [6, 6.07) is 9.20. The molecule has 0 fully saturated rings. The zero-order valence-corrected chi connectivity index (χ0v) is 14.8. The summed E-state index contributed by atoms with van der Waals surface area (Å²) >= 11 is 0. The van der Waals surface area contributed by atoms with Crippen molar-refractivity contribution in [1.29, 1.82) is 0 Å². The minimum atomic E-state index is -0.480. The van der Waals surface area contributed by atoms with E-state index in [2.05, 4.69) is 22.1 Å². The summed E-state index contributed by atoms with van der Waals surface area (Å²) in [5, 5.41) is 2.87. The van der Waals surface area contributed by atoms with Gasteiger partial charge >= 0.3 is 0 Å². The first kappa shape index (κ1) is 18.6. The van der Waals surface area contributed by atoms with E-state index in [1.54, 1.807) is 31.4 Å². The van der Waals surface area contributed by atoms with Gasteiger partial charge in [0.25, 0.3) is 5.91 Å². The molecule has 1 aromatic heterocycles. The number of ether oxygens (including phenoxy) is 1. The molecule has 25 heavy (non-hydrogen) atoms. The smallest absolute Gasteiger partial charge is 0.270 e. The standard InChI is InChI=1S/C20H21FN2O2/c1-14(20(2,3)25-4)23-19(24)18-11-10-16(13-22-18)9-8-15-6-5-7-17(21)12-15/h5-7,10-14H,1-4H3,(H,23,24). The number of nitrogens with zero attached hydrogens (tertiary/aromatic N) is 1. The minimum Gasteiger partial charge on any atom is -0.377 e. The van der Waals surface area contributed by atoms with Gasteiger partial charge in [0.1, 0.15) is 11.5 Å². The molecule has 0 bridgehead atoms. The van der Waals surface area contributed by atoms with Crippen LogP contribution in [-0.2, 0) is 4.74 Å². The Labute approximate surface area is 147 Å². The van der Waals surface area contributed by atoms with E-state index in [0.717, 1.165) is 0 Å². The summed E-state index contributed by atoms with van der Waals surface area (Å²) in [6.07, 6.45) is 1.52. The van der Waals surface area contributed by atoms with E-state index < -0.39 is 5.60 Å². The van der Waals surface area contributed by atoms with Gasteiger partial charge < -0.3 is 10.1 Å². The maximum atomic E-state index is 13.1. The summed E-state index contributed by atoms with van der Waals surface area (Å²) in [4.78, 5) is 16.4. The molecule has 0 aliphatic rings. The molecule has 0 aliphatic heterocycles. The van der Waals surface area contributed by atoms with E-state index in [1.165, 1.54) is 18.3 Å². The number of hydrogen-bond donors (Lipinski definition) is 1. The Bertz CT molecular complexity index is 804. The van der Waals surface area contributed by atoms with Gasteiger partial charge in [-0.1, -0.05) is 17.9 Å². The van der Waals surface area contributed by atoms with Gasteiger partial charge in [0.15, 0.2) is 0 Å². The van der Waals surface area contributed by atoms with Gasteiger partial charge in [-0.3, -0.25) is 4.79 Å². The SMILES string of the molecule is COC(C)(C)C(C)NC(=O)c1ccc(C#Cc2cccc(F)c2)cn1. The van der Waals surface area contributed by atoms with Crippen LogP contribution >= 0.6 is 0 Å². The molecule has 0 saturated carbocycles. The molecule has 0 saturated heterocycles. The highest BCUT2D eigenvalue weighted by molar-refractivity contribution is 5.92. The number of amides is 1. The fourth-order valence-corrected chi connectivity index (χ4v) is 1.93. The summed E-state index contributed by atoms with van der Waals surface area (Å²) in [5.74, 6) is 5.16. The van der Waals surface area contributed by atoms with Crippen LogP contribution in [0.3, 0.4) is 0 Å². The van der Waals surface area contributed by atoms with Crippen LogP contribution < -0.4 is 5.32 Å². The number of hydrogen-bond acceptors (Lipinski definition) is 3. The van der Waals surface area contributed by atoms with E-state index in [-0.39, 0.29) is 17.8 Å². The molecule has 1 heterocycles. The summed E-state index contributed by atoms with van der Waals surface area (Å²) < 4.78 is 18.5. The molecule has 0 radical (unpaired) electrons. The second kappa shape index (κ2) is 7.91. The zero-order chi connectivity index (χ0) is 18.4. The molecule has 0 spiro atoms. The number of carbonyl (C=O) groups is 1. The zero-order valence-electron chi connectivity index (χ0n) is 14.8. The van der Waals surface area contributed by atoms with Crippen molar-refractivity contribution in [3.05, 3.63) is 65.2 Å². The second-order valence-electron chi connectivity index (χ2n) is 6.20. The predicted molar refractivity (Wildman–Crippen MR) is 94.6 cm³/mol. The average molecular weight is 340 g/mol. The highest BCUT2D eigenvalue weighted by Gasteiger charge is 2.27. The Hall–Kier alpha value is -2.71. The number of carbonyl (C=O) groups excluding carboxylic acids is 1. The highest BCUT2D eigenvalue weighted by atomic mass is 19.1. The van der Waals surface area contributed by atoms with E-state index in [4.69, 9.17) is 4.74 Å². The van der Waals surface area contributed by atoms with Gasteiger partial charge in [0, 0.05) is 24.4 Å². The third-order valence-corrected chi connectivity index (χ3v) is 4.09. The van der Waals surface area contributed by atoms with Crippen LogP contribution in [0.2, 0.25) is 0 Å². The highest BCUT2D eigenvalue weighted by Crippen LogP contribution is 2.13. The van der Waals surface area contributed by atoms with E-state index >= 15 is 0 Å². The molecule has 4 nitrogen and oxygen atoms in total. The Balaban J connectivity index is 2.06. The van der Waals surface area contributed by atoms with Crippen LogP contribution in [0, 0.1) is 17.7 Å². The van der Waals surface area contributed by atoms with Gasteiger partial charge in [0.05, 0.1) is 11.6 Å².